The minimum atomic E-state index is -0.784. The van der Waals surface area contributed by atoms with E-state index in [9.17, 15) is 9.59 Å². The van der Waals surface area contributed by atoms with Gasteiger partial charge < -0.3 is 10.0 Å². The van der Waals surface area contributed by atoms with E-state index in [2.05, 4.69) is 13.8 Å². The van der Waals surface area contributed by atoms with Gasteiger partial charge in [0, 0.05) is 19.0 Å². The fourth-order valence-corrected chi connectivity index (χ4v) is 2.93. The summed E-state index contributed by atoms with van der Waals surface area (Å²) in [4.78, 5) is 25.2. The van der Waals surface area contributed by atoms with Crippen molar-refractivity contribution in [3.63, 3.8) is 0 Å². The summed E-state index contributed by atoms with van der Waals surface area (Å²) in [6.07, 6.45) is 1.10. The van der Waals surface area contributed by atoms with Crippen molar-refractivity contribution in [3.8, 4) is 0 Å². The first kappa shape index (κ1) is 15.5. The van der Waals surface area contributed by atoms with E-state index in [1.807, 2.05) is 30.3 Å². The Morgan fingerprint density at radius 3 is 2.43 bits per heavy atom. The summed E-state index contributed by atoms with van der Waals surface area (Å²) in [5, 5.41) is 8.78. The molecule has 1 amide bonds. The summed E-state index contributed by atoms with van der Waals surface area (Å²) in [6, 6.07) is 9.88. The Hall–Kier alpha value is -1.84. The van der Waals surface area contributed by atoms with Crippen LogP contribution in [0, 0.1) is 11.8 Å². The van der Waals surface area contributed by atoms with Crippen LogP contribution < -0.4 is 0 Å². The zero-order valence-electron chi connectivity index (χ0n) is 12.7. The van der Waals surface area contributed by atoms with Gasteiger partial charge in [0.2, 0.25) is 5.91 Å². The molecule has 1 aromatic rings. The number of nitrogens with zero attached hydrogens (tertiary/aromatic N) is 1. The van der Waals surface area contributed by atoms with E-state index in [1.165, 1.54) is 0 Å². The second-order valence-electron chi connectivity index (χ2n) is 5.98. The third kappa shape index (κ3) is 3.63. The molecule has 1 N–H and O–H groups in total. The predicted octanol–water partition coefficient (Wildman–Crippen LogP) is 2.75. The van der Waals surface area contributed by atoms with E-state index < -0.39 is 5.97 Å². The van der Waals surface area contributed by atoms with Crippen LogP contribution in [0.15, 0.2) is 30.3 Å². The van der Waals surface area contributed by atoms with E-state index in [4.69, 9.17) is 5.11 Å². The zero-order chi connectivity index (χ0) is 15.4. The number of likely N-dealkylation sites (tertiary alicyclic amines) is 1. The normalized spacial score (nSPS) is 17.9. The smallest absolute Gasteiger partial charge is 0.303 e. The van der Waals surface area contributed by atoms with Crippen LogP contribution in [0.1, 0.15) is 38.2 Å². The lowest BCUT2D eigenvalue weighted by molar-refractivity contribution is -0.146. The molecule has 4 nitrogen and oxygen atoms in total. The van der Waals surface area contributed by atoms with Crippen LogP contribution in [0.25, 0.3) is 0 Å². The Labute approximate surface area is 125 Å². The maximum absolute atomic E-state index is 12.7. The van der Waals surface area contributed by atoms with Crippen LogP contribution in [-0.4, -0.2) is 35.0 Å². The van der Waals surface area contributed by atoms with Gasteiger partial charge in [-0.3, -0.25) is 9.59 Å². The summed E-state index contributed by atoms with van der Waals surface area (Å²) in [5.74, 6) is -0.383. The third-order valence-electron chi connectivity index (χ3n) is 4.37. The monoisotopic (exact) mass is 289 g/mol. The van der Waals surface area contributed by atoms with E-state index in [1.54, 1.807) is 4.90 Å². The van der Waals surface area contributed by atoms with Gasteiger partial charge in [-0.25, -0.2) is 0 Å². The Bertz CT molecular complexity index is 494. The lowest BCUT2D eigenvalue weighted by atomic mass is 9.83. The van der Waals surface area contributed by atoms with Gasteiger partial charge in [0.1, 0.15) is 0 Å². The van der Waals surface area contributed by atoms with E-state index >= 15 is 0 Å². The maximum atomic E-state index is 12.7. The van der Waals surface area contributed by atoms with E-state index in [-0.39, 0.29) is 30.1 Å². The number of aliphatic carboxylic acids is 1. The molecule has 2 atom stereocenters. The summed E-state index contributed by atoms with van der Waals surface area (Å²) in [5.41, 5.74) is 1.05. The molecule has 0 radical (unpaired) electrons. The average Bonchev–Trinajstić information content (AvgIpc) is 2.43. The van der Waals surface area contributed by atoms with Gasteiger partial charge >= 0.3 is 5.97 Å². The standard InChI is InChI=1S/C17H23NO3/c1-3-12(2)16(14-7-5-4-6-8-14)17(21)18-10-13(11-18)9-15(19)20/h4-8,12-13,16H,3,9-11H2,1-2H3,(H,19,20). The molecule has 0 saturated carbocycles. The van der Waals surface area contributed by atoms with Gasteiger partial charge in [-0.15, -0.1) is 0 Å². The summed E-state index contributed by atoms with van der Waals surface area (Å²) < 4.78 is 0. The largest absolute Gasteiger partial charge is 0.481 e. The van der Waals surface area contributed by atoms with Crippen LogP contribution >= 0.6 is 0 Å². The van der Waals surface area contributed by atoms with Crippen molar-refractivity contribution in [1.82, 2.24) is 4.90 Å². The molecule has 1 aromatic carbocycles. The molecule has 1 saturated heterocycles. The van der Waals surface area contributed by atoms with Gasteiger partial charge in [-0.2, -0.15) is 0 Å². The Morgan fingerprint density at radius 2 is 1.90 bits per heavy atom. The molecule has 1 aliphatic rings. The fourth-order valence-electron chi connectivity index (χ4n) is 2.93. The minimum absolute atomic E-state index is 0.111. The molecule has 4 heteroatoms. The average molecular weight is 289 g/mol. The molecule has 1 aliphatic heterocycles. The van der Waals surface area contributed by atoms with Gasteiger partial charge in [-0.1, -0.05) is 50.6 Å². The molecule has 1 fully saturated rings. The van der Waals surface area contributed by atoms with Crippen molar-refractivity contribution in [2.75, 3.05) is 13.1 Å². The van der Waals surface area contributed by atoms with Crippen molar-refractivity contribution in [2.24, 2.45) is 11.8 Å². The molecule has 1 heterocycles. The van der Waals surface area contributed by atoms with Crippen molar-refractivity contribution in [1.29, 1.82) is 0 Å². The molecule has 0 spiro atoms. The molecule has 0 aromatic heterocycles. The number of carbonyl (C=O) groups excluding carboxylic acids is 1. The fraction of sp³-hybridized carbons (Fsp3) is 0.529. The second-order valence-corrected chi connectivity index (χ2v) is 5.98. The number of carboxylic acid groups (broad SMARTS) is 1. The van der Waals surface area contributed by atoms with Gasteiger partial charge in [0.05, 0.1) is 12.3 Å². The first-order chi connectivity index (χ1) is 10.0. The molecular formula is C17H23NO3. The summed E-state index contributed by atoms with van der Waals surface area (Å²) >= 11 is 0. The number of amides is 1. The van der Waals surface area contributed by atoms with Crippen LogP contribution in [-0.2, 0) is 9.59 Å². The minimum Gasteiger partial charge on any atom is -0.481 e. The van der Waals surface area contributed by atoms with Crippen molar-refractivity contribution < 1.29 is 14.7 Å². The van der Waals surface area contributed by atoms with E-state index in [0.717, 1.165) is 12.0 Å². The highest BCUT2D eigenvalue weighted by Gasteiger charge is 2.37. The lowest BCUT2D eigenvalue weighted by Gasteiger charge is -2.41. The van der Waals surface area contributed by atoms with Gasteiger partial charge in [0.15, 0.2) is 0 Å². The van der Waals surface area contributed by atoms with Gasteiger partial charge in [0.25, 0.3) is 0 Å². The van der Waals surface area contributed by atoms with Crippen molar-refractivity contribution in [3.05, 3.63) is 35.9 Å². The number of carbonyl (C=O) groups is 2. The molecule has 21 heavy (non-hydrogen) atoms. The van der Waals surface area contributed by atoms with Gasteiger partial charge in [-0.05, 0) is 11.5 Å². The number of hydrogen-bond donors (Lipinski definition) is 1. The Balaban J connectivity index is 2.05. The Kier molecular flexibility index (Phi) is 4.99. The molecule has 0 aliphatic carbocycles. The van der Waals surface area contributed by atoms with Crippen LogP contribution in [0.4, 0.5) is 0 Å². The molecule has 114 valence electrons. The highest BCUT2D eigenvalue weighted by molar-refractivity contribution is 5.85. The quantitative estimate of drug-likeness (QED) is 0.876. The van der Waals surface area contributed by atoms with Crippen molar-refractivity contribution in [2.45, 2.75) is 32.6 Å². The summed E-state index contributed by atoms with van der Waals surface area (Å²) in [6.45, 7) is 5.34. The summed E-state index contributed by atoms with van der Waals surface area (Å²) in [7, 11) is 0. The number of carboxylic acids is 1. The number of hydrogen-bond acceptors (Lipinski definition) is 2. The zero-order valence-corrected chi connectivity index (χ0v) is 12.7. The topological polar surface area (TPSA) is 57.6 Å². The molecule has 2 rings (SSSR count). The van der Waals surface area contributed by atoms with Crippen LogP contribution in [0.3, 0.4) is 0 Å². The van der Waals surface area contributed by atoms with Crippen molar-refractivity contribution >= 4 is 11.9 Å². The van der Waals surface area contributed by atoms with Crippen LogP contribution in [0.5, 0.6) is 0 Å². The molecule has 2 unspecified atom stereocenters. The first-order valence-corrected chi connectivity index (χ1v) is 7.58. The predicted molar refractivity (Wildman–Crippen MR) is 81.0 cm³/mol. The molecular weight excluding hydrogens is 266 g/mol. The highest BCUT2D eigenvalue weighted by Crippen LogP contribution is 2.32. The maximum Gasteiger partial charge on any atom is 0.303 e. The number of rotatable bonds is 6. The highest BCUT2D eigenvalue weighted by atomic mass is 16.4. The Morgan fingerprint density at radius 1 is 1.29 bits per heavy atom. The van der Waals surface area contributed by atoms with E-state index in [0.29, 0.717) is 13.1 Å². The SMILES string of the molecule is CCC(C)C(C(=O)N1CC(CC(=O)O)C1)c1ccccc1. The first-order valence-electron chi connectivity index (χ1n) is 7.58. The number of benzene rings is 1. The molecule has 0 bridgehead atoms. The third-order valence-corrected chi connectivity index (χ3v) is 4.37. The lowest BCUT2D eigenvalue weighted by Crippen LogP contribution is -2.52. The van der Waals surface area contributed by atoms with Crippen LogP contribution in [0.2, 0.25) is 0 Å². The second kappa shape index (κ2) is 6.74.